The first-order valence-electron chi connectivity index (χ1n) is 7.11. The molecular formula is C16H13BrCl2N2O3. The highest BCUT2D eigenvalue weighted by molar-refractivity contribution is 9.10. The van der Waals surface area contributed by atoms with Gasteiger partial charge in [-0.3, -0.25) is 4.79 Å². The fraction of sp³-hybridized carbons (Fsp3) is 0.188. The summed E-state index contributed by atoms with van der Waals surface area (Å²) in [5.41, 5.74) is 1.29. The van der Waals surface area contributed by atoms with Crippen molar-refractivity contribution in [2.75, 3.05) is 30.4 Å². The number of hydrogen-bond donors (Lipinski definition) is 2. The van der Waals surface area contributed by atoms with Crippen LogP contribution in [0.1, 0.15) is 0 Å². The van der Waals surface area contributed by atoms with E-state index >= 15 is 0 Å². The van der Waals surface area contributed by atoms with Gasteiger partial charge in [-0.15, -0.1) is 0 Å². The molecule has 8 heteroatoms. The van der Waals surface area contributed by atoms with Crippen LogP contribution in [0.4, 0.5) is 11.4 Å². The van der Waals surface area contributed by atoms with E-state index in [0.717, 1.165) is 4.47 Å². The van der Waals surface area contributed by atoms with Crippen LogP contribution in [0.5, 0.6) is 11.5 Å². The van der Waals surface area contributed by atoms with Crippen LogP contribution in [-0.2, 0) is 4.79 Å². The third kappa shape index (κ3) is 4.06. The number of fused-ring (bicyclic) bond motifs is 1. The lowest BCUT2D eigenvalue weighted by Crippen LogP contribution is -2.25. The smallest absolute Gasteiger partial charge is 0.262 e. The summed E-state index contributed by atoms with van der Waals surface area (Å²) in [5, 5.41) is 7.03. The van der Waals surface area contributed by atoms with Gasteiger partial charge in [0.2, 0.25) is 0 Å². The standard InChI is InChI=1S/C16H13BrCl2N2O3/c17-10-5-9(18)1-2-14(10)23-4-3-20-12-7-15-13(6-11(12)19)21-16(22)8-24-15/h1-2,5-7,20H,3-4,8H2,(H,21,22). The molecule has 1 aliphatic rings. The number of anilines is 2. The van der Waals surface area contributed by atoms with Crippen LogP contribution in [-0.4, -0.2) is 25.7 Å². The van der Waals surface area contributed by atoms with Crippen LogP contribution in [0.25, 0.3) is 0 Å². The fourth-order valence-corrected chi connectivity index (χ4v) is 3.20. The topological polar surface area (TPSA) is 59.6 Å². The summed E-state index contributed by atoms with van der Waals surface area (Å²) in [4.78, 5) is 11.3. The summed E-state index contributed by atoms with van der Waals surface area (Å²) >= 11 is 15.5. The number of rotatable bonds is 5. The Kier molecular flexibility index (Phi) is 5.38. The van der Waals surface area contributed by atoms with E-state index in [1.807, 2.05) is 0 Å². The van der Waals surface area contributed by atoms with Crippen molar-refractivity contribution in [3.8, 4) is 11.5 Å². The molecule has 0 aliphatic carbocycles. The minimum atomic E-state index is -0.193. The molecule has 5 nitrogen and oxygen atoms in total. The van der Waals surface area contributed by atoms with Gasteiger partial charge in [-0.1, -0.05) is 23.2 Å². The summed E-state index contributed by atoms with van der Waals surface area (Å²) in [5.74, 6) is 1.10. The Bertz CT molecular complexity index is 786. The lowest BCUT2D eigenvalue weighted by Gasteiger charge is -2.20. The number of benzene rings is 2. The first-order chi connectivity index (χ1) is 11.5. The molecule has 126 valence electrons. The van der Waals surface area contributed by atoms with Gasteiger partial charge >= 0.3 is 0 Å². The Morgan fingerprint density at radius 2 is 2.12 bits per heavy atom. The quantitative estimate of drug-likeness (QED) is 0.680. The fourth-order valence-electron chi connectivity index (χ4n) is 2.17. The second kappa shape index (κ2) is 7.51. The molecule has 0 aromatic heterocycles. The van der Waals surface area contributed by atoms with E-state index in [9.17, 15) is 4.79 Å². The average Bonchev–Trinajstić information content (AvgIpc) is 2.53. The molecule has 24 heavy (non-hydrogen) atoms. The van der Waals surface area contributed by atoms with E-state index in [1.54, 1.807) is 30.3 Å². The van der Waals surface area contributed by atoms with Crippen LogP contribution in [0.2, 0.25) is 10.0 Å². The summed E-state index contributed by atoms with van der Waals surface area (Å²) in [6.07, 6.45) is 0. The monoisotopic (exact) mass is 430 g/mol. The van der Waals surface area contributed by atoms with Gasteiger partial charge in [0.05, 0.1) is 20.9 Å². The van der Waals surface area contributed by atoms with E-state index in [0.29, 0.717) is 46.1 Å². The predicted molar refractivity (Wildman–Crippen MR) is 98.7 cm³/mol. The highest BCUT2D eigenvalue weighted by atomic mass is 79.9. The largest absolute Gasteiger partial charge is 0.491 e. The first-order valence-corrected chi connectivity index (χ1v) is 8.66. The van der Waals surface area contributed by atoms with Crippen LogP contribution < -0.4 is 20.1 Å². The van der Waals surface area contributed by atoms with Gasteiger partial charge in [0.15, 0.2) is 6.61 Å². The van der Waals surface area contributed by atoms with Gasteiger partial charge < -0.3 is 20.1 Å². The molecule has 1 aliphatic heterocycles. The van der Waals surface area contributed by atoms with Crippen molar-refractivity contribution in [2.24, 2.45) is 0 Å². The molecule has 2 aromatic rings. The SMILES string of the molecule is O=C1COc2cc(NCCOc3ccc(Cl)cc3Br)c(Cl)cc2N1. The van der Waals surface area contributed by atoms with Crippen LogP contribution in [0.3, 0.4) is 0 Å². The molecular weight excluding hydrogens is 419 g/mol. The first kappa shape index (κ1) is 17.2. The maximum absolute atomic E-state index is 11.3. The number of nitrogens with one attached hydrogen (secondary N) is 2. The summed E-state index contributed by atoms with van der Waals surface area (Å²) in [7, 11) is 0. The molecule has 0 unspecified atom stereocenters. The van der Waals surface area contributed by atoms with Gasteiger partial charge in [0, 0.05) is 17.6 Å². The van der Waals surface area contributed by atoms with Crippen molar-refractivity contribution >= 4 is 56.4 Å². The number of carbonyl (C=O) groups excluding carboxylic acids is 1. The highest BCUT2D eigenvalue weighted by Crippen LogP contribution is 2.36. The number of carbonyl (C=O) groups is 1. The molecule has 0 saturated heterocycles. The van der Waals surface area contributed by atoms with Gasteiger partial charge in [-0.05, 0) is 40.2 Å². The van der Waals surface area contributed by atoms with Gasteiger partial charge in [-0.2, -0.15) is 0 Å². The third-order valence-electron chi connectivity index (χ3n) is 3.27. The lowest BCUT2D eigenvalue weighted by atomic mass is 10.2. The van der Waals surface area contributed by atoms with Crippen molar-refractivity contribution in [1.82, 2.24) is 0 Å². The molecule has 0 saturated carbocycles. The van der Waals surface area contributed by atoms with Crippen LogP contribution in [0.15, 0.2) is 34.8 Å². The maximum Gasteiger partial charge on any atom is 0.262 e. The molecule has 1 amide bonds. The van der Waals surface area contributed by atoms with E-state index < -0.39 is 0 Å². The molecule has 0 bridgehead atoms. The Morgan fingerprint density at radius 3 is 2.92 bits per heavy atom. The van der Waals surface area contributed by atoms with Crippen LogP contribution in [0, 0.1) is 0 Å². The number of amides is 1. The zero-order chi connectivity index (χ0) is 17.1. The van der Waals surface area contributed by atoms with E-state index in [-0.39, 0.29) is 12.5 Å². The normalized spacial score (nSPS) is 12.9. The molecule has 3 rings (SSSR count). The van der Waals surface area contributed by atoms with E-state index in [2.05, 4.69) is 26.6 Å². The molecule has 0 spiro atoms. The molecule has 0 atom stereocenters. The van der Waals surface area contributed by atoms with Crippen molar-refractivity contribution in [2.45, 2.75) is 0 Å². The Labute approximate surface area is 157 Å². The highest BCUT2D eigenvalue weighted by Gasteiger charge is 2.18. The predicted octanol–water partition coefficient (Wildman–Crippen LogP) is 4.58. The lowest BCUT2D eigenvalue weighted by molar-refractivity contribution is -0.118. The van der Waals surface area contributed by atoms with E-state index in [1.165, 1.54) is 0 Å². The minimum Gasteiger partial charge on any atom is -0.491 e. The summed E-state index contributed by atoms with van der Waals surface area (Å²) in [6, 6.07) is 8.76. The zero-order valence-corrected chi connectivity index (χ0v) is 15.5. The van der Waals surface area contributed by atoms with E-state index in [4.69, 9.17) is 32.7 Å². The van der Waals surface area contributed by atoms with Gasteiger partial charge in [-0.25, -0.2) is 0 Å². The third-order valence-corrected chi connectivity index (χ3v) is 4.44. The summed E-state index contributed by atoms with van der Waals surface area (Å²) < 4.78 is 11.9. The Hall–Kier alpha value is -1.63. The van der Waals surface area contributed by atoms with Crippen molar-refractivity contribution in [1.29, 1.82) is 0 Å². The Morgan fingerprint density at radius 1 is 1.29 bits per heavy atom. The zero-order valence-electron chi connectivity index (χ0n) is 12.4. The molecule has 0 fully saturated rings. The average molecular weight is 432 g/mol. The van der Waals surface area contributed by atoms with Crippen molar-refractivity contribution in [3.63, 3.8) is 0 Å². The summed E-state index contributed by atoms with van der Waals surface area (Å²) in [6.45, 7) is 0.979. The second-order valence-corrected chi connectivity index (χ2v) is 6.71. The maximum atomic E-state index is 11.3. The number of halogens is 3. The van der Waals surface area contributed by atoms with Gasteiger partial charge in [0.1, 0.15) is 18.1 Å². The minimum absolute atomic E-state index is 0.00176. The molecule has 2 N–H and O–H groups in total. The van der Waals surface area contributed by atoms with Crippen LogP contribution >= 0.6 is 39.1 Å². The van der Waals surface area contributed by atoms with Crippen molar-refractivity contribution < 1.29 is 14.3 Å². The second-order valence-electron chi connectivity index (χ2n) is 5.02. The molecule has 2 aromatic carbocycles. The Balaban J connectivity index is 1.58. The van der Waals surface area contributed by atoms with Gasteiger partial charge in [0.25, 0.3) is 5.91 Å². The number of hydrogen-bond acceptors (Lipinski definition) is 4. The number of ether oxygens (including phenoxy) is 2. The molecule has 0 radical (unpaired) electrons. The van der Waals surface area contributed by atoms with Crippen molar-refractivity contribution in [3.05, 3.63) is 44.8 Å². The molecule has 1 heterocycles.